The lowest BCUT2D eigenvalue weighted by Crippen LogP contribution is -2.50. The molecule has 0 heterocycles. The SMILES string of the molecule is CCC(C)(CBr)NC(=O)C1CCC2CCCCC2C1. The molecule has 1 N–H and O–H groups in total. The first-order chi connectivity index (χ1) is 9.08. The van der Waals surface area contributed by atoms with Gasteiger partial charge in [-0.1, -0.05) is 48.5 Å². The summed E-state index contributed by atoms with van der Waals surface area (Å²) >= 11 is 3.53. The maximum atomic E-state index is 12.5. The minimum Gasteiger partial charge on any atom is -0.350 e. The van der Waals surface area contributed by atoms with Crippen molar-refractivity contribution in [3.63, 3.8) is 0 Å². The van der Waals surface area contributed by atoms with Gasteiger partial charge in [0, 0.05) is 16.8 Å². The third-order valence-electron chi connectivity index (χ3n) is 5.41. The number of carbonyl (C=O) groups excluding carboxylic acids is 1. The molecule has 110 valence electrons. The van der Waals surface area contributed by atoms with Gasteiger partial charge in [-0.05, 0) is 44.4 Å². The van der Waals surface area contributed by atoms with Crippen molar-refractivity contribution in [3.8, 4) is 0 Å². The summed E-state index contributed by atoms with van der Waals surface area (Å²) in [6, 6.07) is 0. The van der Waals surface area contributed by atoms with Gasteiger partial charge in [-0.15, -0.1) is 0 Å². The fraction of sp³-hybridized carbons (Fsp3) is 0.938. The second-order valence-corrected chi connectivity index (χ2v) is 7.41. The highest BCUT2D eigenvalue weighted by Crippen LogP contribution is 2.42. The van der Waals surface area contributed by atoms with Gasteiger partial charge >= 0.3 is 0 Å². The molecule has 4 atom stereocenters. The number of halogens is 1. The zero-order chi connectivity index (χ0) is 13.9. The monoisotopic (exact) mass is 329 g/mol. The number of alkyl halides is 1. The number of nitrogens with one attached hydrogen (secondary N) is 1. The first kappa shape index (κ1) is 15.3. The molecule has 2 aliphatic rings. The highest BCUT2D eigenvalue weighted by molar-refractivity contribution is 9.09. The fourth-order valence-electron chi connectivity index (χ4n) is 3.73. The normalized spacial score (nSPS) is 34.2. The summed E-state index contributed by atoms with van der Waals surface area (Å²) in [7, 11) is 0. The molecule has 0 aromatic carbocycles. The maximum Gasteiger partial charge on any atom is 0.223 e. The van der Waals surface area contributed by atoms with Gasteiger partial charge in [0.05, 0.1) is 0 Å². The van der Waals surface area contributed by atoms with E-state index >= 15 is 0 Å². The first-order valence-corrected chi connectivity index (χ1v) is 9.08. The van der Waals surface area contributed by atoms with Crippen LogP contribution in [0.2, 0.25) is 0 Å². The third-order valence-corrected chi connectivity index (χ3v) is 6.65. The Hall–Kier alpha value is -0.0500. The molecule has 2 nitrogen and oxygen atoms in total. The van der Waals surface area contributed by atoms with Crippen LogP contribution in [0.15, 0.2) is 0 Å². The second-order valence-electron chi connectivity index (χ2n) is 6.85. The molecule has 0 aromatic heterocycles. The van der Waals surface area contributed by atoms with E-state index in [2.05, 4.69) is 35.1 Å². The number of amides is 1. The Labute approximate surface area is 126 Å². The summed E-state index contributed by atoms with van der Waals surface area (Å²) in [4.78, 5) is 12.5. The van der Waals surface area contributed by atoms with Crippen molar-refractivity contribution in [2.45, 2.75) is 70.8 Å². The Morgan fingerprint density at radius 2 is 1.89 bits per heavy atom. The van der Waals surface area contributed by atoms with E-state index in [1.807, 2.05) is 0 Å². The van der Waals surface area contributed by atoms with Crippen LogP contribution in [-0.4, -0.2) is 16.8 Å². The topological polar surface area (TPSA) is 29.1 Å². The van der Waals surface area contributed by atoms with Crippen molar-refractivity contribution < 1.29 is 4.79 Å². The summed E-state index contributed by atoms with van der Waals surface area (Å²) < 4.78 is 0. The first-order valence-electron chi connectivity index (χ1n) is 7.96. The highest BCUT2D eigenvalue weighted by atomic mass is 79.9. The van der Waals surface area contributed by atoms with Gasteiger partial charge in [-0.3, -0.25) is 4.79 Å². The van der Waals surface area contributed by atoms with Gasteiger partial charge in [-0.25, -0.2) is 0 Å². The molecule has 0 spiro atoms. The van der Waals surface area contributed by atoms with Crippen molar-refractivity contribution in [2.75, 3.05) is 5.33 Å². The van der Waals surface area contributed by atoms with Gasteiger partial charge in [0.2, 0.25) is 5.91 Å². The quantitative estimate of drug-likeness (QED) is 0.766. The summed E-state index contributed by atoms with van der Waals surface area (Å²) in [5.74, 6) is 2.32. The maximum absolute atomic E-state index is 12.5. The van der Waals surface area contributed by atoms with Crippen LogP contribution in [0.5, 0.6) is 0 Å². The van der Waals surface area contributed by atoms with Gasteiger partial charge in [0.25, 0.3) is 0 Å². The molecule has 19 heavy (non-hydrogen) atoms. The molecule has 3 heteroatoms. The number of carbonyl (C=O) groups is 1. The van der Waals surface area contributed by atoms with E-state index in [1.54, 1.807) is 0 Å². The van der Waals surface area contributed by atoms with Crippen LogP contribution in [0.25, 0.3) is 0 Å². The van der Waals surface area contributed by atoms with E-state index < -0.39 is 0 Å². The molecular weight excluding hydrogens is 302 g/mol. The van der Waals surface area contributed by atoms with Crippen LogP contribution in [0.1, 0.15) is 65.2 Å². The van der Waals surface area contributed by atoms with Gasteiger partial charge < -0.3 is 5.32 Å². The molecule has 0 aliphatic heterocycles. The largest absolute Gasteiger partial charge is 0.350 e. The Morgan fingerprint density at radius 3 is 2.53 bits per heavy atom. The Kier molecular flexibility index (Phi) is 5.33. The van der Waals surface area contributed by atoms with E-state index in [0.29, 0.717) is 5.91 Å². The molecule has 4 unspecified atom stereocenters. The lowest BCUT2D eigenvalue weighted by atomic mass is 9.67. The molecule has 0 saturated heterocycles. The standard InChI is InChI=1S/C16H28BrNO/c1-3-16(2,11-17)18-15(19)14-9-8-12-6-4-5-7-13(12)10-14/h12-14H,3-11H2,1-2H3,(H,18,19). The van der Waals surface area contributed by atoms with Crippen molar-refractivity contribution in [2.24, 2.45) is 17.8 Å². The van der Waals surface area contributed by atoms with Crippen LogP contribution in [-0.2, 0) is 4.79 Å². The van der Waals surface area contributed by atoms with E-state index in [1.165, 1.54) is 32.1 Å². The van der Waals surface area contributed by atoms with Crippen LogP contribution >= 0.6 is 15.9 Å². The Morgan fingerprint density at radius 1 is 1.21 bits per heavy atom. The third kappa shape index (κ3) is 3.74. The minimum absolute atomic E-state index is 0.0828. The highest BCUT2D eigenvalue weighted by Gasteiger charge is 2.36. The van der Waals surface area contributed by atoms with Crippen molar-refractivity contribution >= 4 is 21.8 Å². The summed E-state index contributed by atoms with van der Waals surface area (Å²) in [6.07, 6.45) is 10.1. The Balaban J connectivity index is 1.90. The average Bonchev–Trinajstić information content (AvgIpc) is 2.46. The smallest absolute Gasteiger partial charge is 0.223 e. The fourth-order valence-corrected chi connectivity index (χ4v) is 4.26. The van der Waals surface area contributed by atoms with Crippen LogP contribution in [0, 0.1) is 17.8 Å². The van der Waals surface area contributed by atoms with Crippen molar-refractivity contribution in [3.05, 3.63) is 0 Å². The lowest BCUT2D eigenvalue weighted by molar-refractivity contribution is -0.128. The Bertz CT molecular complexity index is 314. The minimum atomic E-state index is -0.0828. The van der Waals surface area contributed by atoms with E-state index in [-0.39, 0.29) is 11.5 Å². The molecular formula is C16H28BrNO. The predicted octanol–water partition coefficient (Wildman–Crippen LogP) is 4.27. The van der Waals surface area contributed by atoms with Crippen LogP contribution in [0.3, 0.4) is 0 Å². The molecule has 2 aliphatic carbocycles. The molecule has 1 amide bonds. The molecule has 0 radical (unpaired) electrons. The van der Waals surface area contributed by atoms with Gasteiger partial charge in [0.15, 0.2) is 0 Å². The van der Waals surface area contributed by atoms with E-state index in [4.69, 9.17) is 0 Å². The van der Waals surface area contributed by atoms with E-state index in [0.717, 1.165) is 36.4 Å². The number of hydrogen-bond acceptors (Lipinski definition) is 1. The summed E-state index contributed by atoms with van der Waals surface area (Å²) in [5, 5.41) is 4.11. The van der Waals surface area contributed by atoms with Crippen LogP contribution < -0.4 is 5.32 Å². The van der Waals surface area contributed by atoms with Gasteiger partial charge in [0.1, 0.15) is 0 Å². The zero-order valence-corrected chi connectivity index (χ0v) is 14.0. The lowest BCUT2D eigenvalue weighted by Gasteiger charge is -2.40. The number of hydrogen-bond donors (Lipinski definition) is 1. The molecule has 2 saturated carbocycles. The molecule has 2 rings (SSSR count). The summed E-state index contributed by atoms with van der Waals surface area (Å²) in [5.41, 5.74) is -0.0828. The summed E-state index contributed by atoms with van der Waals surface area (Å²) in [6.45, 7) is 4.27. The number of fused-ring (bicyclic) bond motifs is 1. The van der Waals surface area contributed by atoms with Crippen molar-refractivity contribution in [1.82, 2.24) is 5.32 Å². The molecule has 0 aromatic rings. The molecule has 2 fully saturated rings. The van der Waals surface area contributed by atoms with E-state index in [9.17, 15) is 4.79 Å². The average molecular weight is 330 g/mol. The van der Waals surface area contributed by atoms with Crippen LogP contribution in [0.4, 0.5) is 0 Å². The second kappa shape index (κ2) is 6.60. The van der Waals surface area contributed by atoms with Gasteiger partial charge in [-0.2, -0.15) is 0 Å². The molecule has 0 bridgehead atoms. The number of rotatable bonds is 4. The predicted molar refractivity (Wildman–Crippen MR) is 83.4 cm³/mol. The van der Waals surface area contributed by atoms with Crippen molar-refractivity contribution in [1.29, 1.82) is 0 Å². The zero-order valence-electron chi connectivity index (χ0n) is 12.4.